The summed E-state index contributed by atoms with van der Waals surface area (Å²) in [6.45, 7) is 9.04. The van der Waals surface area contributed by atoms with Crippen molar-refractivity contribution in [3.8, 4) is 11.5 Å². The molecule has 0 amide bonds. The Kier molecular flexibility index (Phi) is 5.33. The zero-order chi connectivity index (χ0) is 17.9. The third kappa shape index (κ3) is 4.14. The van der Waals surface area contributed by atoms with Crippen LogP contribution in [0.5, 0.6) is 11.5 Å². The van der Waals surface area contributed by atoms with Crippen molar-refractivity contribution in [3.05, 3.63) is 40.2 Å². The number of nitrogens with zero attached hydrogens (tertiary/aromatic N) is 3. The van der Waals surface area contributed by atoms with Crippen LogP contribution in [0.3, 0.4) is 0 Å². The molecule has 0 N–H and O–H groups in total. The van der Waals surface area contributed by atoms with E-state index in [1.54, 1.807) is 0 Å². The van der Waals surface area contributed by atoms with Gasteiger partial charge in [0, 0.05) is 51.8 Å². The Balaban J connectivity index is 1.34. The largest absolute Gasteiger partial charge is 0.489 e. The number of ether oxygens (including phenoxy) is 2. The maximum Gasteiger partial charge on any atom is 0.179 e. The lowest BCUT2D eigenvalue weighted by Crippen LogP contribution is -2.45. The molecule has 7 heteroatoms. The summed E-state index contributed by atoms with van der Waals surface area (Å²) in [6.07, 6.45) is 0.882. The molecule has 0 unspecified atom stereocenters. The van der Waals surface area contributed by atoms with Crippen LogP contribution >= 0.6 is 11.6 Å². The van der Waals surface area contributed by atoms with Crippen molar-refractivity contribution in [2.24, 2.45) is 0 Å². The first kappa shape index (κ1) is 17.6. The molecule has 0 saturated carbocycles. The molecule has 26 heavy (non-hydrogen) atoms. The zero-order valence-corrected chi connectivity index (χ0v) is 15.8. The van der Waals surface area contributed by atoms with Gasteiger partial charge in [-0.05, 0) is 24.6 Å². The summed E-state index contributed by atoms with van der Waals surface area (Å²) < 4.78 is 16.6. The maximum atomic E-state index is 6.41. The van der Waals surface area contributed by atoms with Crippen molar-refractivity contribution in [1.82, 2.24) is 15.0 Å². The second-order valence-corrected chi connectivity index (χ2v) is 7.34. The van der Waals surface area contributed by atoms with Crippen molar-refractivity contribution in [2.45, 2.75) is 26.4 Å². The van der Waals surface area contributed by atoms with E-state index in [2.05, 4.69) is 21.0 Å². The molecule has 0 bridgehead atoms. The van der Waals surface area contributed by atoms with Gasteiger partial charge in [0.2, 0.25) is 0 Å². The maximum absolute atomic E-state index is 6.41. The molecule has 0 spiro atoms. The van der Waals surface area contributed by atoms with Gasteiger partial charge in [0.15, 0.2) is 11.5 Å². The van der Waals surface area contributed by atoms with Gasteiger partial charge in [0.25, 0.3) is 0 Å². The van der Waals surface area contributed by atoms with E-state index < -0.39 is 0 Å². The molecule has 2 aromatic rings. The van der Waals surface area contributed by atoms with E-state index in [0.717, 1.165) is 62.9 Å². The van der Waals surface area contributed by atoms with Crippen LogP contribution in [-0.4, -0.2) is 54.3 Å². The van der Waals surface area contributed by atoms with Gasteiger partial charge in [-0.15, -0.1) is 0 Å². The zero-order valence-electron chi connectivity index (χ0n) is 15.0. The van der Waals surface area contributed by atoms with E-state index in [4.69, 9.17) is 25.6 Å². The Hall–Kier alpha value is -1.76. The van der Waals surface area contributed by atoms with Crippen molar-refractivity contribution in [3.63, 3.8) is 0 Å². The van der Waals surface area contributed by atoms with Crippen molar-refractivity contribution in [2.75, 3.05) is 39.4 Å². The topological polar surface area (TPSA) is 51.0 Å². The second kappa shape index (κ2) is 7.86. The van der Waals surface area contributed by atoms with E-state index in [1.165, 1.54) is 5.56 Å². The number of aryl methyl sites for hydroxylation is 1. The van der Waals surface area contributed by atoms with Gasteiger partial charge in [0.1, 0.15) is 5.76 Å². The van der Waals surface area contributed by atoms with E-state index in [1.807, 2.05) is 19.1 Å². The summed E-state index contributed by atoms with van der Waals surface area (Å²) in [5, 5.41) is 4.72. The Bertz CT molecular complexity index is 756. The Labute approximate surface area is 158 Å². The van der Waals surface area contributed by atoms with E-state index in [-0.39, 0.29) is 0 Å². The molecule has 0 aliphatic carbocycles. The van der Waals surface area contributed by atoms with Gasteiger partial charge >= 0.3 is 0 Å². The predicted octanol–water partition coefficient (Wildman–Crippen LogP) is 3.12. The molecule has 6 nitrogen and oxygen atoms in total. The molecule has 0 radical (unpaired) electrons. The third-order valence-electron chi connectivity index (χ3n) is 4.80. The van der Waals surface area contributed by atoms with Crippen molar-refractivity contribution >= 4 is 11.6 Å². The van der Waals surface area contributed by atoms with Crippen LogP contribution in [-0.2, 0) is 13.1 Å². The number of rotatable bonds is 4. The lowest BCUT2D eigenvalue weighted by Gasteiger charge is -2.34. The molecule has 1 saturated heterocycles. The van der Waals surface area contributed by atoms with Gasteiger partial charge in [-0.3, -0.25) is 9.80 Å². The smallest absolute Gasteiger partial charge is 0.179 e. The first-order chi connectivity index (χ1) is 12.7. The average Bonchev–Trinajstić information content (AvgIpc) is 2.88. The summed E-state index contributed by atoms with van der Waals surface area (Å²) >= 11 is 6.41. The quantitative estimate of drug-likeness (QED) is 0.816. The molecule has 3 heterocycles. The van der Waals surface area contributed by atoms with Gasteiger partial charge in [-0.25, -0.2) is 0 Å². The van der Waals surface area contributed by atoms with Gasteiger partial charge in [0.05, 0.1) is 23.9 Å². The number of piperazine rings is 1. The third-order valence-corrected chi connectivity index (χ3v) is 5.08. The standard InChI is InChI=1S/C19H24ClN3O3/c1-14-9-16(21-26-14)13-23-5-3-22(4-6-23)12-15-10-17(20)19-18(11-15)24-7-2-8-25-19/h9-11H,2-8,12-13H2,1H3. The van der Waals surface area contributed by atoms with E-state index in [9.17, 15) is 0 Å². The summed E-state index contributed by atoms with van der Waals surface area (Å²) in [5.41, 5.74) is 2.17. The molecule has 0 atom stereocenters. The molecular weight excluding hydrogens is 354 g/mol. The minimum Gasteiger partial charge on any atom is -0.489 e. The number of hydrogen-bond acceptors (Lipinski definition) is 6. The number of fused-ring (bicyclic) bond motifs is 1. The lowest BCUT2D eigenvalue weighted by molar-refractivity contribution is 0.120. The highest BCUT2D eigenvalue weighted by Gasteiger charge is 2.20. The number of aromatic nitrogens is 1. The Morgan fingerprint density at radius 2 is 1.73 bits per heavy atom. The first-order valence-corrected chi connectivity index (χ1v) is 9.50. The van der Waals surface area contributed by atoms with Crippen LogP contribution < -0.4 is 9.47 Å². The fourth-order valence-corrected chi connectivity index (χ4v) is 3.75. The minimum atomic E-state index is 0.638. The highest BCUT2D eigenvalue weighted by Crippen LogP contribution is 2.38. The molecule has 1 aromatic carbocycles. The van der Waals surface area contributed by atoms with Gasteiger partial charge < -0.3 is 14.0 Å². The van der Waals surface area contributed by atoms with Gasteiger partial charge in [-0.1, -0.05) is 16.8 Å². The van der Waals surface area contributed by atoms with E-state index >= 15 is 0 Å². The van der Waals surface area contributed by atoms with Gasteiger partial charge in [-0.2, -0.15) is 0 Å². The normalized spacial score (nSPS) is 18.7. The van der Waals surface area contributed by atoms with Crippen LogP contribution in [0.2, 0.25) is 5.02 Å². The molecular formula is C19H24ClN3O3. The molecule has 4 rings (SSSR count). The number of halogens is 1. The first-order valence-electron chi connectivity index (χ1n) is 9.12. The van der Waals surface area contributed by atoms with Crippen LogP contribution in [0.4, 0.5) is 0 Å². The highest BCUT2D eigenvalue weighted by atomic mass is 35.5. The molecule has 2 aliphatic rings. The SMILES string of the molecule is Cc1cc(CN2CCN(Cc3cc(Cl)c4c(c3)OCCCO4)CC2)no1. The fraction of sp³-hybridized carbons (Fsp3) is 0.526. The number of benzene rings is 1. The molecule has 140 valence electrons. The molecule has 1 aromatic heterocycles. The highest BCUT2D eigenvalue weighted by molar-refractivity contribution is 6.32. The molecule has 1 fully saturated rings. The fourth-order valence-electron chi connectivity index (χ4n) is 3.46. The lowest BCUT2D eigenvalue weighted by atomic mass is 10.1. The average molecular weight is 378 g/mol. The Morgan fingerprint density at radius 3 is 2.46 bits per heavy atom. The second-order valence-electron chi connectivity index (χ2n) is 6.94. The van der Waals surface area contributed by atoms with Crippen molar-refractivity contribution < 1.29 is 14.0 Å². The summed E-state index contributed by atoms with van der Waals surface area (Å²) in [5.74, 6) is 2.32. The van der Waals surface area contributed by atoms with Crippen LogP contribution in [0.15, 0.2) is 22.7 Å². The Morgan fingerprint density at radius 1 is 1.00 bits per heavy atom. The number of hydrogen-bond donors (Lipinski definition) is 0. The van der Waals surface area contributed by atoms with Crippen LogP contribution in [0.1, 0.15) is 23.4 Å². The summed E-state index contributed by atoms with van der Waals surface area (Å²) in [7, 11) is 0. The van der Waals surface area contributed by atoms with Crippen LogP contribution in [0.25, 0.3) is 0 Å². The van der Waals surface area contributed by atoms with Crippen LogP contribution in [0, 0.1) is 6.92 Å². The monoisotopic (exact) mass is 377 g/mol. The summed E-state index contributed by atoms with van der Waals surface area (Å²) in [6, 6.07) is 6.07. The minimum absolute atomic E-state index is 0.638. The van der Waals surface area contributed by atoms with Crippen molar-refractivity contribution in [1.29, 1.82) is 0 Å². The molecule has 2 aliphatic heterocycles. The predicted molar refractivity (Wildman–Crippen MR) is 98.9 cm³/mol. The van der Waals surface area contributed by atoms with E-state index in [0.29, 0.717) is 24.0 Å². The summed E-state index contributed by atoms with van der Waals surface area (Å²) in [4.78, 5) is 4.86.